The van der Waals surface area contributed by atoms with Crippen molar-refractivity contribution in [3.8, 4) is 0 Å². The molecule has 0 spiro atoms. The van der Waals surface area contributed by atoms with Gasteiger partial charge in [0.2, 0.25) is 0 Å². The third-order valence-corrected chi connectivity index (χ3v) is 6.89. The number of para-hydroxylation sites is 1. The number of nitrogens with zero attached hydrogens (tertiary/aromatic N) is 4. The van der Waals surface area contributed by atoms with E-state index in [9.17, 15) is 14.9 Å². The Morgan fingerprint density at radius 3 is 2.61 bits per heavy atom. The Labute approximate surface area is 184 Å². The summed E-state index contributed by atoms with van der Waals surface area (Å²) in [6.45, 7) is 0.272. The quantitative estimate of drug-likeness (QED) is 0.257. The van der Waals surface area contributed by atoms with Crippen LogP contribution >= 0.6 is 22.7 Å². The Balaban J connectivity index is 1.57. The molecule has 5 rings (SSSR count). The van der Waals surface area contributed by atoms with Gasteiger partial charge < -0.3 is 0 Å². The summed E-state index contributed by atoms with van der Waals surface area (Å²) in [7, 11) is 0. The van der Waals surface area contributed by atoms with Gasteiger partial charge in [0.25, 0.3) is 11.6 Å². The van der Waals surface area contributed by atoms with Crippen LogP contribution in [0.2, 0.25) is 0 Å². The highest BCUT2D eigenvalue weighted by Gasteiger charge is 2.24. The molecule has 3 aromatic heterocycles. The molecule has 0 saturated carbocycles. The Morgan fingerprint density at radius 1 is 1.00 bits per heavy atom. The fraction of sp³-hybridized carbons (Fsp3) is 0.0455. The molecule has 9 heteroatoms. The Morgan fingerprint density at radius 2 is 1.84 bits per heavy atom. The van der Waals surface area contributed by atoms with Gasteiger partial charge in [0.1, 0.15) is 0 Å². The molecule has 0 unspecified atom stereocenters. The number of fused-ring (bicyclic) bond motifs is 2. The fourth-order valence-electron chi connectivity index (χ4n) is 3.24. The van der Waals surface area contributed by atoms with Crippen LogP contribution in [0.1, 0.15) is 15.4 Å². The predicted octanol–water partition coefficient (Wildman–Crippen LogP) is 5.66. The summed E-state index contributed by atoms with van der Waals surface area (Å²) in [6.07, 6.45) is 1.69. The first-order valence-corrected chi connectivity index (χ1v) is 11.0. The van der Waals surface area contributed by atoms with Crippen LogP contribution in [0, 0.1) is 10.1 Å². The highest BCUT2D eigenvalue weighted by atomic mass is 32.1. The minimum absolute atomic E-state index is 0.000753. The molecule has 0 bridgehead atoms. The lowest BCUT2D eigenvalue weighted by atomic mass is 10.2. The van der Waals surface area contributed by atoms with E-state index in [0.717, 1.165) is 20.6 Å². The highest BCUT2D eigenvalue weighted by molar-refractivity contribution is 7.23. The number of thiazole rings is 1. The van der Waals surface area contributed by atoms with E-state index < -0.39 is 4.92 Å². The zero-order chi connectivity index (χ0) is 21.4. The van der Waals surface area contributed by atoms with E-state index in [1.165, 1.54) is 34.8 Å². The van der Waals surface area contributed by atoms with Gasteiger partial charge in [-0.05, 0) is 36.4 Å². The molecule has 1 amide bonds. The number of nitro groups is 1. The van der Waals surface area contributed by atoms with Crippen molar-refractivity contribution >= 4 is 59.7 Å². The minimum atomic E-state index is -0.437. The predicted molar refractivity (Wildman–Crippen MR) is 123 cm³/mol. The second kappa shape index (κ2) is 7.86. The fourth-order valence-corrected chi connectivity index (χ4v) is 5.19. The maximum atomic E-state index is 13.6. The first-order chi connectivity index (χ1) is 15.1. The monoisotopic (exact) mass is 446 g/mol. The van der Waals surface area contributed by atoms with E-state index >= 15 is 0 Å². The van der Waals surface area contributed by atoms with E-state index in [2.05, 4.69) is 9.97 Å². The van der Waals surface area contributed by atoms with Gasteiger partial charge in [-0.15, -0.1) is 11.3 Å². The van der Waals surface area contributed by atoms with Crippen LogP contribution in [0.15, 0.2) is 72.9 Å². The van der Waals surface area contributed by atoms with Crippen molar-refractivity contribution in [3.63, 3.8) is 0 Å². The van der Waals surface area contributed by atoms with Gasteiger partial charge in [0.15, 0.2) is 5.13 Å². The molecule has 0 atom stereocenters. The number of anilines is 1. The van der Waals surface area contributed by atoms with E-state index in [4.69, 9.17) is 0 Å². The van der Waals surface area contributed by atoms with Crippen molar-refractivity contribution in [2.75, 3.05) is 4.90 Å². The largest absolute Gasteiger partial charge is 0.277 e. The lowest BCUT2D eigenvalue weighted by Gasteiger charge is -2.18. The van der Waals surface area contributed by atoms with Gasteiger partial charge in [0.05, 0.1) is 32.3 Å². The molecule has 7 nitrogen and oxygen atoms in total. The highest BCUT2D eigenvalue weighted by Crippen LogP contribution is 2.34. The Bertz CT molecular complexity index is 1400. The van der Waals surface area contributed by atoms with Crippen molar-refractivity contribution in [3.05, 3.63) is 93.6 Å². The zero-order valence-electron chi connectivity index (χ0n) is 16.0. The normalized spacial score (nSPS) is 11.1. The topological polar surface area (TPSA) is 89.2 Å². The van der Waals surface area contributed by atoms with Gasteiger partial charge in [-0.2, -0.15) is 0 Å². The molecule has 0 N–H and O–H groups in total. The minimum Gasteiger partial charge on any atom is -0.277 e. The third kappa shape index (κ3) is 3.76. The second-order valence-corrected chi connectivity index (χ2v) is 8.86. The standard InChI is InChI=1S/C22H14N4O3S2/c27-21(20-12-14-11-16(26(28)29)8-9-18(14)30-20)25(13-15-5-3-4-10-23-15)22-24-17-6-1-2-7-19(17)31-22/h1-12H,13H2. The van der Waals surface area contributed by atoms with Gasteiger partial charge in [-0.1, -0.05) is 29.5 Å². The van der Waals surface area contributed by atoms with Crippen molar-refractivity contribution in [1.82, 2.24) is 9.97 Å². The summed E-state index contributed by atoms with van der Waals surface area (Å²) in [4.78, 5) is 35.3. The molecule has 0 saturated heterocycles. The molecule has 2 aromatic carbocycles. The lowest BCUT2D eigenvalue weighted by molar-refractivity contribution is -0.384. The smallest absolute Gasteiger partial charge is 0.270 e. The summed E-state index contributed by atoms with van der Waals surface area (Å²) in [5, 5.41) is 12.3. The molecular weight excluding hydrogens is 432 g/mol. The van der Waals surface area contributed by atoms with Crippen LogP contribution in [0.5, 0.6) is 0 Å². The molecule has 152 valence electrons. The van der Waals surface area contributed by atoms with Crippen LogP contribution in [-0.4, -0.2) is 20.8 Å². The molecule has 0 aliphatic rings. The van der Waals surface area contributed by atoms with Crippen LogP contribution in [0.25, 0.3) is 20.3 Å². The number of carbonyl (C=O) groups excluding carboxylic acids is 1. The van der Waals surface area contributed by atoms with Gasteiger partial charge in [0, 0.05) is 28.4 Å². The molecular formula is C22H14N4O3S2. The molecule has 0 radical (unpaired) electrons. The van der Waals surface area contributed by atoms with Crippen molar-refractivity contribution in [2.45, 2.75) is 6.54 Å². The summed E-state index contributed by atoms with van der Waals surface area (Å²) in [5.74, 6) is -0.214. The molecule has 0 aliphatic heterocycles. The summed E-state index contributed by atoms with van der Waals surface area (Å²) in [6, 6.07) is 19.6. The maximum Gasteiger partial charge on any atom is 0.270 e. The van der Waals surface area contributed by atoms with Crippen LogP contribution in [0.3, 0.4) is 0 Å². The third-order valence-electron chi connectivity index (χ3n) is 4.73. The number of aromatic nitrogens is 2. The van der Waals surface area contributed by atoms with Crippen molar-refractivity contribution in [2.24, 2.45) is 0 Å². The van der Waals surface area contributed by atoms with E-state index in [-0.39, 0.29) is 18.1 Å². The molecule has 5 aromatic rings. The average molecular weight is 447 g/mol. The summed E-state index contributed by atoms with van der Waals surface area (Å²) in [5.41, 5.74) is 1.57. The van der Waals surface area contributed by atoms with Crippen molar-refractivity contribution in [1.29, 1.82) is 0 Å². The number of hydrogen-bond acceptors (Lipinski definition) is 7. The number of thiophene rings is 1. The summed E-state index contributed by atoms with van der Waals surface area (Å²) < 4.78 is 1.80. The molecule has 0 aliphatic carbocycles. The number of hydrogen-bond donors (Lipinski definition) is 0. The number of carbonyl (C=O) groups is 1. The number of pyridine rings is 1. The molecule has 3 heterocycles. The molecule has 0 fully saturated rings. The van der Waals surface area contributed by atoms with E-state index in [0.29, 0.717) is 15.4 Å². The van der Waals surface area contributed by atoms with E-state index in [1.54, 1.807) is 23.2 Å². The van der Waals surface area contributed by atoms with Crippen LogP contribution in [-0.2, 0) is 6.54 Å². The first-order valence-electron chi connectivity index (χ1n) is 9.34. The Hall–Kier alpha value is -3.69. The van der Waals surface area contributed by atoms with E-state index in [1.807, 2.05) is 42.5 Å². The average Bonchev–Trinajstić information content (AvgIpc) is 3.41. The summed E-state index contributed by atoms with van der Waals surface area (Å²) >= 11 is 2.75. The number of nitro benzene ring substituents is 1. The molecule has 31 heavy (non-hydrogen) atoms. The lowest BCUT2D eigenvalue weighted by Crippen LogP contribution is -2.30. The van der Waals surface area contributed by atoms with Crippen LogP contribution in [0.4, 0.5) is 10.8 Å². The maximum absolute atomic E-state index is 13.6. The second-order valence-electron chi connectivity index (χ2n) is 6.77. The van der Waals surface area contributed by atoms with Gasteiger partial charge in [-0.3, -0.25) is 24.8 Å². The SMILES string of the molecule is O=C(c1cc2cc([N+](=O)[O-])ccc2s1)N(Cc1ccccn1)c1nc2ccccc2s1. The Kier molecular flexibility index (Phi) is 4.89. The number of benzene rings is 2. The number of amides is 1. The van der Waals surface area contributed by atoms with Crippen molar-refractivity contribution < 1.29 is 9.72 Å². The van der Waals surface area contributed by atoms with Gasteiger partial charge in [-0.25, -0.2) is 4.98 Å². The van der Waals surface area contributed by atoms with Gasteiger partial charge >= 0.3 is 0 Å². The first kappa shape index (κ1) is 19.3. The van der Waals surface area contributed by atoms with Crippen LogP contribution < -0.4 is 4.90 Å². The number of non-ortho nitro benzene ring substituents is 1. The zero-order valence-corrected chi connectivity index (χ0v) is 17.6. The number of rotatable bonds is 5.